The molecule has 0 bridgehead atoms. The van der Waals surface area contributed by atoms with Crippen LogP contribution in [0.5, 0.6) is 11.5 Å². The molecule has 10 heteroatoms. The van der Waals surface area contributed by atoms with Crippen LogP contribution in [0.1, 0.15) is 30.4 Å². The molecular formula is C19H18Cl2N4O4. The number of rotatable bonds is 8. The van der Waals surface area contributed by atoms with Crippen LogP contribution in [0, 0.1) is 0 Å². The zero-order chi connectivity index (χ0) is 21.2. The van der Waals surface area contributed by atoms with E-state index >= 15 is 0 Å². The molecule has 0 atom stereocenters. The summed E-state index contributed by atoms with van der Waals surface area (Å²) in [6, 6.07) is 8.89. The predicted octanol–water partition coefficient (Wildman–Crippen LogP) is 3.18. The van der Waals surface area contributed by atoms with Gasteiger partial charge in [0, 0.05) is 34.0 Å². The second kappa shape index (κ2) is 11.0. The number of halogens is 2. The van der Waals surface area contributed by atoms with E-state index in [1.54, 1.807) is 0 Å². The Hall–Kier alpha value is -3.10. The Bertz CT molecular complexity index is 872. The lowest BCUT2D eigenvalue weighted by Gasteiger charge is -2.02. The van der Waals surface area contributed by atoms with E-state index in [-0.39, 0.29) is 42.6 Å². The molecule has 0 radical (unpaired) electrons. The van der Waals surface area contributed by atoms with Crippen molar-refractivity contribution < 1.29 is 19.8 Å². The zero-order valence-corrected chi connectivity index (χ0v) is 16.6. The van der Waals surface area contributed by atoms with Crippen LogP contribution >= 0.6 is 23.2 Å². The third-order valence-electron chi connectivity index (χ3n) is 3.57. The zero-order valence-electron chi connectivity index (χ0n) is 15.1. The number of nitrogens with one attached hydrogen (secondary N) is 2. The normalized spacial score (nSPS) is 11.1. The maximum Gasteiger partial charge on any atom is 0.240 e. The first-order valence-corrected chi connectivity index (χ1v) is 9.21. The van der Waals surface area contributed by atoms with Gasteiger partial charge in [-0.2, -0.15) is 10.2 Å². The van der Waals surface area contributed by atoms with Crippen LogP contribution < -0.4 is 10.9 Å². The maximum absolute atomic E-state index is 11.7. The van der Waals surface area contributed by atoms with Gasteiger partial charge < -0.3 is 10.2 Å². The molecule has 0 saturated carbocycles. The second-order valence-electron chi connectivity index (χ2n) is 5.85. The summed E-state index contributed by atoms with van der Waals surface area (Å²) in [7, 11) is 0. The molecule has 0 aliphatic heterocycles. The van der Waals surface area contributed by atoms with Crippen molar-refractivity contribution in [3.63, 3.8) is 0 Å². The number of hydrogen-bond donors (Lipinski definition) is 4. The minimum atomic E-state index is -0.386. The SMILES string of the molecule is O=C(CCCC(=O)N/N=C/c1cc(Cl)ccc1O)N/N=C/c1cc(Cl)ccc1O. The molecule has 0 unspecified atom stereocenters. The van der Waals surface area contributed by atoms with Crippen LogP contribution in [-0.2, 0) is 9.59 Å². The molecule has 0 saturated heterocycles. The van der Waals surface area contributed by atoms with Crippen LogP contribution in [0.4, 0.5) is 0 Å². The van der Waals surface area contributed by atoms with Crippen molar-refractivity contribution in [2.45, 2.75) is 19.3 Å². The highest BCUT2D eigenvalue weighted by Gasteiger charge is 2.05. The van der Waals surface area contributed by atoms with Gasteiger partial charge >= 0.3 is 0 Å². The molecule has 0 aromatic heterocycles. The summed E-state index contributed by atoms with van der Waals surface area (Å²) in [4.78, 5) is 23.4. The highest BCUT2D eigenvalue weighted by molar-refractivity contribution is 6.31. The van der Waals surface area contributed by atoms with E-state index in [1.165, 1.54) is 48.8 Å². The van der Waals surface area contributed by atoms with Gasteiger partial charge in [0.1, 0.15) is 11.5 Å². The number of amides is 2. The fourth-order valence-electron chi connectivity index (χ4n) is 2.13. The molecule has 2 amide bonds. The average molecular weight is 437 g/mol. The summed E-state index contributed by atoms with van der Waals surface area (Å²) in [5, 5.41) is 27.6. The van der Waals surface area contributed by atoms with Crippen LogP contribution in [0.2, 0.25) is 10.0 Å². The van der Waals surface area contributed by atoms with Gasteiger partial charge in [0.05, 0.1) is 12.4 Å². The van der Waals surface area contributed by atoms with Crippen molar-refractivity contribution in [3.05, 3.63) is 57.6 Å². The van der Waals surface area contributed by atoms with Crippen molar-refractivity contribution in [1.82, 2.24) is 10.9 Å². The molecule has 4 N–H and O–H groups in total. The summed E-state index contributed by atoms with van der Waals surface area (Å²) in [6.07, 6.45) is 2.97. The number of phenols is 2. The van der Waals surface area contributed by atoms with E-state index in [9.17, 15) is 19.8 Å². The molecule has 0 heterocycles. The first-order valence-electron chi connectivity index (χ1n) is 8.46. The number of nitrogens with zero attached hydrogens (tertiary/aromatic N) is 2. The number of carbonyl (C=O) groups is 2. The lowest BCUT2D eigenvalue weighted by molar-refractivity contribution is -0.122. The number of hydrazone groups is 2. The fourth-order valence-corrected chi connectivity index (χ4v) is 2.49. The second-order valence-corrected chi connectivity index (χ2v) is 6.72. The Morgan fingerprint density at radius 2 is 1.24 bits per heavy atom. The molecule has 8 nitrogen and oxygen atoms in total. The Morgan fingerprint density at radius 1 is 0.828 bits per heavy atom. The summed E-state index contributed by atoms with van der Waals surface area (Å²) in [5.41, 5.74) is 5.33. The molecule has 0 fully saturated rings. The topological polar surface area (TPSA) is 123 Å². The molecule has 0 aliphatic rings. The van der Waals surface area contributed by atoms with Gasteiger partial charge in [0.25, 0.3) is 0 Å². The minimum Gasteiger partial charge on any atom is -0.507 e. The van der Waals surface area contributed by atoms with Crippen LogP contribution in [-0.4, -0.2) is 34.5 Å². The third-order valence-corrected chi connectivity index (χ3v) is 4.04. The van der Waals surface area contributed by atoms with Gasteiger partial charge in [-0.05, 0) is 42.8 Å². The predicted molar refractivity (Wildman–Crippen MR) is 112 cm³/mol. The summed E-state index contributed by atoms with van der Waals surface area (Å²) in [5.74, 6) is -0.808. The summed E-state index contributed by atoms with van der Waals surface area (Å²) >= 11 is 11.6. The number of aromatic hydroxyl groups is 2. The summed E-state index contributed by atoms with van der Waals surface area (Å²) in [6.45, 7) is 0. The molecule has 152 valence electrons. The van der Waals surface area contributed by atoms with Gasteiger partial charge in [-0.3, -0.25) is 9.59 Å². The Labute approximate surface area is 176 Å². The molecule has 0 aliphatic carbocycles. The van der Waals surface area contributed by atoms with Gasteiger partial charge in [-0.15, -0.1) is 0 Å². The smallest absolute Gasteiger partial charge is 0.240 e. The molecular weight excluding hydrogens is 419 g/mol. The van der Waals surface area contributed by atoms with Crippen molar-refractivity contribution in [3.8, 4) is 11.5 Å². The quantitative estimate of drug-likeness (QED) is 0.374. The Balaban J connectivity index is 1.69. The lowest BCUT2D eigenvalue weighted by Crippen LogP contribution is -2.20. The monoisotopic (exact) mass is 436 g/mol. The molecule has 2 aromatic carbocycles. The van der Waals surface area contributed by atoms with Crippen LogP contribution in [0.25, 0.3) is 0 Å². The van der Waals surface area contributed by atoms with Crippen molar-refractivity contribution >= 4 is 47.4 Å². The molecule has 29 heavy (non-hydrogen) atoms. The lowest BCUT2D eigenvalue weighted by atomic mass is 10.2. The molecule has 2 aromatic rings. The van der Waals surface area contributed by atoms with Gasteiger partial charge in [0.2, 0.25) is 11.8 Å². The first kappa shape index (κ1) is 22.2. The highest BCUT2D eigenvalue weighted by atomic mass is 35.5. The maximum atomic E-state index is 11.7. The molecule has 0 spiro atoms. The number of phenolic OH excluding ortho intramolecular Hbond substituents is 2. The van der Waals surface area contributed by atoms with Crippen molar-refractivity contribution in [2.75, 3.05) is 0 Å². The van der Waals surface area contributed by atoms with E-state index in [0.29, 0.717) is 21.2 Å². The van der Waals surface area contributed by atoms with Gasteiger partial charge in [-0.25, -0.2) is 10.9 Å². The average Bonchev–Trinajstić information content (AvgIpc) is 2.67. The van der Waals surface area contributed by atoms with E-state index in [1.807, 2.05) is 0 Å². The van der Waals surface area contributed by atoms with E-state index in [4.69, 9.17) is 23.2 Å². The van der Waals surface area contributed by atoms with E-state index in [0.717, 1.165) is 0 Å². The standard InChI is InChI=1S/C19H18Cl2N4O4/c20-14-4-6-16(26)12(8-14)10-22-24-18(28)2-1-3-19(29)25-23-11-13-9-15(21)5-7-17(13)27/h4-11,26-27H,1-3H2,(H,24,28)(H,25,29)/b22-10+,23-11+. The minimum absolute atomic E-state index is 0.0179. The fraction of sp³-hybridized carbons (Fsp3) is 0.158. The van der Waals surface area contributed by atoms with Crippen LogP contribution in [0.3, 0.4) is 0 Å². The molecule has 2 rings (SSSR count). The van der Waals surface area contributed by atoms with E-state index < -0.39 is 0 Å². The Kier molecular flexibility index (Phi) is 8.45. The number of benzene rings is 2. The van der Waals surface area contributed by atoms with Crippen LogP contribution in [0.15, 0.2) is 46.6 Å². The largest absolute Gasteiger partial charge is 0.507 e. The summed E-state index contributed by atoms with van der Waals surface area (Å²) < 4.78 is 0. The van der Waals surface area contributed by atoms with Crippen molar-refractivity contribution in [1.29, 1.82) is 0 Å². The van der Waals surface area contributed by atoms with Gasteiger partial charge in [-0.1, -0.05) is 23.2 Å². The highest BCUT2D eigenvalue weighted by Crippen LogP contribution is 2.20. The Morgan fingerprint density at radius 3 is 1.66 bits per heavy atom. The number of hydrogen-bond acceptors (Lipinski definition) is 6. The first-order chi connectivity index (χ1) is 13.8. The van der Waals surface area contributed by atoms with E-state index in [2.05, 4.69) is 21.1 Å². The third kappa shape index (κ3) is 7.81. The van der Waals surface area contributed by atoms with Crippen molar-refractivity contribution in [2.24, 2.45) is 10.2 Å². The van der Waals surface area contributed by atoms with Gasteiger partial charge in [0.15, 0.2) is 0 Å². The number of carbonyl (C=O) groups excluding carboxylic acids is 2.